The number of rotatable bonds is 5. The highest BCUT2D eigenvalue weighted by atomic mass is 127. The predicted octanol–water partition coefficient (Wildman–Crippen LogP) is 0.457. The summed E-state index contributed by atoms with van der Waals surface area (Å²) in [6, 6.07) is 0.278. The van der Waals surface area contributed by atoms with Crippen LogP contribution in [0.1, 0.15) is 31.9 Å². The third-order valence-corrected chi connectivity index (χ3v) is 3.77. The Kier molecular flexibility index (Phi) is 8.43. The molecule has 1 aromatic rings. The lowest BCUT2D eigenvalue weighted by Crippen LogP contribution is -2.48. The van der Waals surface area contributed by atoms with Crippen molar-refractivity contribution in [3.8, 4) is 0 Å². The summed E-state index contributed by atoms with van der Waals surface area (Å²) in [5.74, 6) is 2.70. The fraction of sp³-hybridized carbons (Fsp3) is 0.733. The van der Waals surface area contributed by atoms with E-state index in [1.807, 2.05) is 25.5 Å². The Bertz CT molecular complexity index is 570. The second-order valence-electron chi connectivity index (χ2n) is 6.08. The van der Waals surface area contributed by atoms with Crippen LogP contribution in [0.3, 0.4) is 0 Å². The lowest BCUT2D eigenvalue weighted by molar-refractivity contribution is -0.123. The van der Waals surface area contributed by atoms with Gasteiger partial charge in [-0.3, -0.25) is 9.79 Å². The summed E-state index contributed by atoms with van der Waals surface area (Å²) >= 11 is 0. The molecule has 2 rings (SSSR count). The minimum atomic E-state index is 0. The number of nitrogens with one attached hydrogen (secondary N) is 3. The molecule has 1 aromatic heterocycles. The minimum absolute atomic E-state index is 0. The zero-order valence-corrected chi connectivity index (χ0v) is 17.1. The Balaban J connectivity index is 0.00000288. The normalized spacial score (nSPS) is 17.0. The fourth-order valence-electron chi connectivity index (χ4n) is 2.51. The van der Waals surface area contributed by atoms with Crippen LogP contribution in [0.15, 0.2) is 4.99 Å². The molecule has 0 spiro atoms. The van der Waals surface area contributed by atoms with E-state index in [0.29, 0.717) is 13.1 Å². The average molecular weight is 449 g/mol. The Morgan fingerprint density at radius 2 is 2.08 bits per heavy atom. The van der Waals surface area contributed by atoms with Gasteiger partial charge in [0.05, 0.1) is 6.54 Å². The number of hydrogen-bond acceptors (Lipinski definition) is 4. The summed E-state index contributed by atoms with van der Waals surface area (Å²) in [4.78, 5) is 20.1. The highest BCUT2D eigenvalue weighted by molar-refractivity contribution is 14.0. The summed E-state index contributed by atoms with van der Waals surface area (Å²) < 4.78 is 1.96. The summed E-state index contributed by atoms with van der Waals surface area (Å²) in [6.45, 7) is 7.69. The van der Waals surface area contributed by atoms with Crippen LogP contribution in [0.2, 0.25) is 0 Å². The van der Waals surface area contributed by atoms with Gasteiger partial charge in [0.25, 0.3) is 0 Å². The Morgan fingerprint density at radius 1 is 1.38 bits per heavy atom. The van der Waals surface area contributed by atoms with Crippen molar-refractivity contribution >= 4 is 35.8 Å². The first-order chi connectivity index (χ1) is 11.0. The van der Waals surface area contributed by atoms with E-state index in [-0.39, 0.29) is 41.8 Å². The second-order valence-corrected chi connectivity index (χ2v) is 6.08. The van der Waals surface area contributed by atoms with Crippen molar-refractivity contribution in [2.45, 2.75) is 46.2 Å². The van der Waals surface area contributed by atoms with Gasteiger partial charge in [-0.2, -0.15) is 5.10 Å². The van der Waals surface area contributed by atoms with Crippen molar-refractivity contribution in [2.75, 3.05) is 20.1 Å². The van der Waals surface area contributed by atoms with E-state index in [1.54, 1.807) is 7.05 Å². The molecule has 0 radical (unpaired) electrons. The van der Waals surface area contributed by atoms with Gasteiger partial charge in [0.15, 0.2) is 5.96 Å². The maximum absolute atomic E-state index is 11.5. The van der Waals surface area contributed by atoms with E-state index in [4.69, 9.17) is 0 Å². The van der Waals surface area contributed by atoms with Gasteiger partial charge in [-0.15, -0.1) is 24.0 Å². The molecular weight excluding hydrogens is 421 g/mol. The molecule has 24 heavy (non-hydrogen) atoms. The Morgan fingerprint density at radius 3 is 2.75 bits per heavy atom. The first kappa shape index (κ1) is 20.7. The SMILES string of the molecule is CN=C(NCCNC(=O)C(C)C)NC1CCc2nc(C)nn2C1.I. The lowest BCUT2D eigenvalue weighted by Gasteiger charge is -2.25. The van der Waals surface area contributed by atoms with Gasteiger partial charge in [-0.1, -0.05) is 13.8 Å². The lowest BCUT2D eigenvalue weighted by atomic mass is 10.1. The summed E-state index contributed by atoms with van der Waals surface area (Å²) in [7, 11) is 1.75. The third-order valence-electron chi connectivity index (χ3n) is 3.77. The Labute approximate surface area is 160 Å². The number of halogens is 1. The maximum atomic E-state index is 11.5. The van der Waals surface area contributed by atoms with Crippen LogP contribution < -0.4 is 16.0 Å². The molecule has 0 aliphatic carbocycles. The highest BCUT2D eigenvalue weighted by Gasteiger charge is 2.21. The quantitative estimate of drug-likeness (QED) is 0.263. The molecule has 0 saturated carbocycles. The number of guanidine groups is 1. The van der Waals surface area contributed by atoms with Gasteiger partial charge < -0.3 is 16.0 Å². The predicted molar refractivity (Wildman–Crippen MR) is 105 cm³/mol. The van der Waals surface area contributed by atoms with E-state index in [0.717, 1.165) is 37.0 Å². The molecule has 0 saturated heterocycles. The van der Waals surface area contributed by atoms with Crippen LogP contribution >= 0.6 is 24.0 Å². The highest BCUT2D eigenvalue weighted by Crippen LogP contribution is 2.12. The molecular formula is C15H28IN7O. The van der Waals surface area contributed by atoms with E-state index in [9.17, 15) is 4.79 Å². The molecule has 1 amide bonds. The maximum Gasteiger partial charge on any atom is 0.222 e. The molecule has 1 atom stereocenters. The van der Waals surface area contributed by atoms with Gasteiger partial charge in [0.2, 0.25) is 5.91 Å². The minimum Gasteiger partial charge on any atom is -0.355 e. The number of nitrogens with zero attached hydrogens (tertiary/aromatic N) is 4. The number of fused-ring (bicyclic) bond motifs is 1. The summed E-state index contributed by atoms with van der Waals surface area (Å²) in [5.41, 5.74) is 0. The molecule has 2 heterocycles. The smallest absolute Gasteiger partial charge is 0.222 e. The number of carbonyl (C=O) groups is 1. The molecule has 0 aromatic carbocycles. The van der Waals surface area contributed by atoms with Gasteiger partial charge >= 0.3 is 0 Å². The van der Waals surface area contributed by atoms with Crippen molar-refractivity contribution < 1.29 is 4.79 Å². The zero-order valence-electron chi connectivity index (χ0n) is 14.8. The number of amides is 1. The largest absolute Gasteiger partial charge is 0.355 e. The number of aromatic nitrogens is 3. The van der Waals surface area contributed by atoms with E-state index in [1.165, 1.54) is 0 Å². The molecule has 1 unspecified atom stereocenters. The van der Waals surface area contributed by atoms with Crippen molar-refractivity contribution in [1.82, 2.24) is 30.7 Å². The molecule has 3 N–H and O–H groups in total. The average Bonchev–Trinajstić information content (AvgIpc) is 2.89. The second kappa shape index (κ2) is 9.80. The Hall–Kier alpha value is -1.39. The van der Waals surface area contributed by atoms with Crippen LogP contribution in [0.4, 0.5) is 0 Å². The first-order valence-corrected chi connectivity index (χ1v) is 8.14. The topological polar surface area (TPSA) is 96.2 Å². The molecule has 9 heteroatoms. The van der Waals surface area contributed by atoms with Crippen molar-refractivity contribution in [3.05, 3.63) is 11.6 Å². The first-order valence-electron chi connectivity index (χ1n) is 8.14. The molecule has 1 aliphatic rings. The van der Waals surface area contributed by atoms with E-state index >= 15 is 0 Å². The fourth-order valence-corrected chi connectivity index (χ4v) is 2.51. The van der Waals surface area contributed by atoms with Crippen LogP contribution in [0.25, 0.3) is 0 Å². The molecule has 1 aliphatic heterocycles. The number of aliphatic imine (C=N–C) groups is 1. The van der Waals surface area contributed by atoms with Gasteiger partial charge in [-0.05, 0) is 13.3 Å². The number of carbonyl (C=O) groups excluding carboxylic acids is 1. The molecule has 0 bridgehead atoms. The standard InChI is InChI=1S/C15H27N7O.HI/c1-10(2)14(23)17-7-8-18-15(16-4)20-12-5-6-13-19-11(3)21-22(13)9-12;/h10,12H,5-9H2,1-4H3,(H,17,23)(H2,16,18,20);1H. The molecule has 0 fully saturated rings. The van der Waals surface area contributed by atoms with Gasteiger partial charge in [-0.25, -0.2) is 9.67 Å². The van der Waals surface area contributed by atoms with E-state index < -0.39 is 0 Å². The number of hydrogen-bond donors (Lipinski definition) is 3. The summed E-state index contributed by atoms with van der Waals surface area (Å²) in [6.07, 6.45) is 1.92. The number of aryl methyl sites for hydroxylation is 2. The zero-order chi connectivity index (χ0) is 16.8. The van der Waals surface area contributed by atoms with Gasteiger partial charge in [0.1, 0.15) is 11.6 Å². The van der Waals surface area contributed by atoms with Crippen molar-refractivity contribution in [3.63, 3.8) is 0 Å². The summed E-state index contributed by atoms with van der Waals surface area (Å²) in [5, 5.41) is 13.9. The van der Waals surface area contributed by atoms with Crippen molar-refractivity contribution in [1.29, 1.82) is 0 Å². The van der Waals surface area contributed by atoms with Crippen LogP contribution in [0.5, 0.6) is 0 Å². The van der Waals surface area contributed by atoms with Crippen LogP contribution in [-0.2, 0) is 17.8 Å². The molecule has 136 valence electrons. The van der Waals surface area contributed by atoms with Crippen LogP contribution in [0, 0.1) is 12.8 Å². The third kappa shape index (κ3) is 5.91. The van der Waals surface area contributed by atoms with Crippen LogP contribution in [-0.4, -0.2) is 52.8 Å². The van der Waals surface area contributed by atoms with E-state index in [2.05, 4.69) is 31.0 Å². The molecule has 8 nitrogen and oxygen atoms in total. The monoisotopic (exact) mass is 449 g/mol. The van der Waals surface area contributed by atoms with Crippen molar-refractivity contribution in [2.24, 2.45) is 10.9 Å². The van der Waals surface area contributed by atoms with Gasteiger partial charge in [0, 0.05) is 38.5 Å².